The molecule has 6 fully saturated rings. The normalized spacial score (nSPS) is 35.7. The van der Waals surface area contributed by atoms with Crippen molar-refractivity contribution in [1.29, 1.82) is 0 Å². The van der Waals surface area contributed by atoms with Gasteiger partial charge in [-0.15, -0.1) is 0 Å². The molecule has 1 heterocycles. The number of anilines is 2. The average Bonchev–Trinajstić information content (AvgIpc) is 3.29. The second-order valence-electron chi connectivity index (χ2n) is 12.4. The van der Waals surface area contributed by atoms with E-state index < -0.39 is 36.0 Å². The fourth-order valence-electron chi connectivity index (χ4n) is 7.95. The minimum atomic E-state index is -1.27. The number of halogens is 4. The van der Waals surface area contributed by atoms with E-state index in [9.17, 15) is 9.59 Å². The zero-order valence-corrected chi connectivity index (χ0v) is 26.0. The van der Waals surface area contributed by atoms with Crippen LogP contribution >= 0.6 is 46.4 Å². The van der Waals surface area contributed by atoms with Gasteiger partial charge in [-0.25, -0.2) is 9.59 Å². The Morgan fingerprint density at radius 3 is 1.67 bits per heavy atom. The highest BCUT2D eigenvalue weighted by Crippen LogP contribution is 2.64. The Kier molecular flexibility index (Phi) is 7.90. The van der Waals surface area contributed by atoms with E-state index in [1.54, 1.807) is 24.3 Å². The Balaban J connectivity index is 1.09. The maximum Gasteiger partial charge on any atom is 0.411 e. The zero-order valence-electron chi connectivity index (χ0n) is 23.0. The molecule has 2 aromatic rings. The van der Waals surface area contributed by atoms with Crippen molar-refractivity contribution in [3.8, 4) is 0 Å². The predicted molar refractivity (Wildman–Crippen MR) is 160 cm³/mol. The van der Waals surface area contributed by atoms with Gasteiger partial charge in [0.1, 0.15) is 12.2 Å². The van der Waals surface area contributed by atoms with Gasteiger partial charge in [-0.3, -0.25) is 10.6 Å². The fraction of sp³-hybridized carbons (Fsp3) is 0.533. The molecular formula is C30H30Cl4N2O7. The van der Waals surface area contributed by atoms with Gasteiger partial charge < -0.3 is 14.2 Å². The number of nitrogens with one attached hydrogen (secondary N) is 2. The van der Waals surface area contributed by atoms with E-state index in [1.807, 2.05) is 0 Å². The molecule has 6 aliphatic rings. The second-order valence-corrected chi connectivity index (χ2v) is 14.1. The van der Waals surface area contributed by atoms with Crippen LogP contribution in [0.4, 0.5) is 21.0 Å². The Hall–Kier alpha value is -1.98. The van der Waals surface area contributed by atoms with Gasteiger partial charge in [0.15, 0.2) is 0 Å². The number of benzene rings is 2. The van der Waals surface area contributed by atoms with Crippen molar-refractivity contribution in [2.24, 2.45) is 23.7 Å². The molecule has 0 aromatic heterocycles. The van der Waals surface area contributed by atoms with Gasteiger partial charge in [-0.2, -0.15) is 9.78 Å². The van der Waals surface area contributed by atoms with Gasteiger partial charge >= 0.3 is 12.2 Å². The maximum atomic E-state index is 13.0. The topological polar surface area (TPSA) is 104 Å². The quantitative estimate of drug-likeness (QED) is 0.313. The Morgan fingerprint density at radius 2 is 1.19 bits per heavy atom. The average molecular weight is 672 g/mol. The van der Waals surface area contributed by atoms with Crippen LogP contribution in [0.1, 0.15) is 51.4 Å². The van der Waals surface area contributed by atoms with Gasteiger partial charge in [-0.05, 0) is 80.3 Å². The summed E-state index contributed by atoms with van der Waals surface area (Å²) in [5, 5.41) is 6.69. The molecular weight excluding hydrogens is 642 g/mol. The smallest absolute Gasteiger partial charge is 0.411 e. The molecule has 9 nitrogen and oxygen atoms in total. The SMILES string of the molecule is O=C(Nc1cc(Cl)ccc1Cl)OC1CC(OC(=O)Nc2cc(Cl)ccc2Cl)CC2(C1)OOC1(O2)C2CC3CC(C2)CC1C3. The van der Waals surface area contributed by atoms with Crippen molar-refractivity contribution in [3.63, 3.8) is 0 Å². The summed E-state index contributed by atoms with van der Waals surface area (Å²) in [6, 6.07) is 9.43. The molecule has 230 valence electrons. The molecule has 4 bridgehead atoms. The molecule has 2 aromatic carbocycles. The highest BCUT2D eigenvalue weighted by Gasteiger charge is 2.68. The van der Waals surface area contributed by atoms with Crippen molar-refractivity contribution in [2.45, 2.75) is 75.1 Å². The van der Waals surface area contributed by atoms with Crippen molar-refractivity contribution < 1.29 is 33.6 Å². The molecule has 2 atom stereocenters. The monoisotopic (exact) mass is 670 g/mol. The Morgan fingerprint density at radius 1 is 0.698 bits per heavy atom. The van der Waals surface area contributed by atoms with Gasteiger partial charge in [0.2, 0.25) is 11.6 Å². The molecule has 2 spiro atoms. The molecule has 1 aliphatic heterocycles. The number of carbonyl (C=O) groups excluding carboxylic acids is 2. The summed E-state index contributed by atoms with van der Waals surface area (Å²) in [4.78, 5) is 38.2. The lowest BCUT2D eigenvalue weighted by atomic mass is 9.53. The first kappa shape index (κ1) is 29.7. The van der Waals surface area contributed by atoms with Crippen LogP contribution < -0.4 is 10.6 Å². The first-order valence-electron chi connectivity index (χ1n) is 14.5. The van der Waals surface area contributed by atoms with Gasteiger partial charge in [0, 0.05) is 41.1 Å². The van der Waals surface area contributed by atoms with E-state index in [0.29, 0.717) is 43.3 Å². The van der Waals surface area contributed by atoms with Crippen LogP contribution in [0, 0.1) is 23.7 Å². The van der Waals surface area contributed by atoms with E-state index in [4.69, 9.17) is 70.4 Å². The first-order valence-corrected chi connectivity index (χ1v) is 16.0. The number of carbonyl (C=O) groups is 2. The summed E-state index contributed by atoms with van der Waals surface area (Å²) in [7, 11) is 0. The van der Waals surface area contributed by atoms with Crippen LogP contribution in [0.15, 0.2) is 36.4 Å². The third-order valence-corrected chi connectivity index (χ3v) is 10.6. The lowest BCUT2D eigenvalue weighted by Gasteiger charge is -2.57. The Labute approximate surface area is 268 Å². The molecule has 0 radical (unpaired) electrons. The zero-order chi connectivity index (χ0) is 29.9. The third kappa shape index (κ3) is 5.90. The van der Waals surface area contributed by atoms with E-state index in [0.717, 1.165) is 25.7 Å². The number of hydrogen-bond donors (Lipinski definition) is 2. The standard InChI is InChI=1S/C30H30Cl4N2O7/c31-19-1-3-23(33)25(10-19)35-27(37)39-21-12-22(40-28(38)36-26-11-20(32)2-4-24(26)34)14-29(13-21)41-30(43-42-29)17-6-15-5-16(8-17)9-18(30)7-15/h1-4,10-11,15-18,21-22H,5-9,12-14H2,(H,35,37)(H,36,38). The molecule has 5 saturated carbocycles. The number of amides is 2. The van der Waals surface area contributed by atoms with Crippen LogP contribution in [0.5, 0.6) is 0 Å². The second kappa shape index (κ2) is 11.4. The molecule has 13 heteroatoms. The van der Waals surface area contributed by atoms with E-state index in [-0.39, 0.29) is 31.1 Å². The summed E-state index contributed by atoms with van der Waals surface area (Å²) in [6.45, 7) is 0. The van der Waals surface area contributed by atoms with Crippen molar-refractivity contribution >= 4 is 70.0 Å². The molecule has 1 saturated heterocycles. The number of hydrogen-bond acceptors (Lipinski definition) is 7. The lowest BCUT2D eigenvalue weighted by molar-refractivity contribution is -0.391. The van der Waals surface area contributed by atoms with Crippen molar-refractivity contribution in [3.05, 3.63) is 56.5 Å². The molecule has 2 N–H and O–H groups in total. The molecule has 2 unspecified atom stereocenters. The fourth-order valence-corrected chi connectivity index (χ4v) is 8.62. The molecule has 5 aliphatic carbocycles. The summed E-state index contributed by atoms with van der Waals surface area (Å²) in [5.41, 5.74) is 0.610. The third-order valence-electron chi connectivity index (χ3n) is 9.43. The van der Waals surface area contributed by atoms with Crippen LogP contribution in [0.25, 0.3) is 0 Å². The summed E-state index contributed by atoms with van der Waals surface area (Å²) >= 11 is 24.6. The summed E-state index contributed by atoms with van der Waals surface area (Å²) < 4.78 is 18.5. The minimum absolute atomic E-state index is 0.194. The molecule has 2 amide bonds. The van der Waals surface area contributed by atoms with Gasteiger partial charge in [0.05, 0.1) is 21.4 Å². The van der Waals surface area contributed by atoms with E-state index in [2.05, 4.69) is 10.6 Å². The lowest BCUT2D eigenvalue weighted by Crippen LogP contribution is -2.60. The van der Waals surface area contributed by atoms with Crippen molar-refractivity contribution in [2.75, 3.05) is 10.6 Å². The number of ether oxygens (including phenoxy) is 3. The predicted octanol–water partition coefficient (Wildman–Crippen LogP) is 8.85. The highest BCUT2D eigenvalue weighted by atomic mass is 35.5. The minimum Gasteiger partial charge on any atom is -0.446 e. The summed E-state index contributed by atoms with van der Waals surface area (Å²) in [6.07, 6.45) is 3.05. The van der Waals surface area contributed by atoms with Gasteiger partial charge in [-0.1, -0.05) is 46.4 Å². The van der Waals surface area contributed by atoms with Crippen LogP contribution in [-0.2, 0) is 24.0 Å². The van der Waals surface area contributed by atoms with Crippen LogP contribution in [0.3, 0.4) is 0 Å². The maximum absolute atomic E-state index is 13.0. The molecule has 8 rings (SSSR count). The van der Waals surface area contributed by atoms with E-state index in [1.165, 1.54) is 18.6 Å². The summed E-state index contributed by atoms with van der Waals surface area (Å²) in [5.74, 6) is -0.285. The van der Waals surface area contributed by atoms with Crippen LogP contribution in [-0.4, -0.2) is 36.0 Å². The van der Waals surface area contributed by atoms with Gasteiger partial charge in [0.25, 0.3) is 0 Å². The number of rotatable bonds is 4. The Bertz CT molecular complexity index is 1340. The highest BCUT2D eigenvalue weighted by molar-refractivity contribution is 6.36. The molecule has 43 heavy (non-hydrogen) atoms. The van der Waals surface area contributed by atoms with Crippen molar-refractivity contribution in [1.82, 2.24) is 0 Å². The largest absolute Gasteiger partial charge is 0.446 e. The van der Waals surface area contributed by atoms with E-state index >= 15 is 0 Å². The van der Waals surface area contributed by atoms with Crippen LogP contribution in [0.2, 0.25) is 20.1 Å². The first-order chi connectivity index (χ1) is 20.6.